The van der Waals surface area contributed by atoms with E-state index in [9.17, 15) is 5.11 Å². The molecule has 0 aliphatic heterocycles. The van der Waals surface area contributed by atoms with Crippen LogP contribution in [0.25, 0.3) is 0 Å². The summed E-state index contributed by atoms with van der Waals surface area (Å²) >= 11 is 9.15. The van der Waals surface area contributed by atoms with Crippen LogP contribution in [0.3, 0.4) is 0 Å². The van der Waals surface area contributed by atoms with Gasteiger partial charge in [0.25, 0.3) is 0 Å². The maximum Gasteiger partial charge on any atom is 0.134 e. The van der Waals surface area contributed by atoms with E-state index in [2.05, 4.69) is 29.8 Å². The van der Waals surface area contributed by atoms with Crippen molar-refractivity contribution in [2.75, 3.05) is 0 Å². The van der Waals surface area contributed by atoms with Crippen LogP contribution in [0.5, 0.6) is 5.75 Å². The van der Waals surface area contributed by atoms with E-state index in [1.165, 1.54) is 0 Å². The molecule has 3 N–H and O–H groups in total. The molecule has 0 aliphatic rings. The van der Waals surface area contributed by atoms with Crippen molar-refractivity contribution >= 4 is 27.5 Å². The molecule has 4 heteroatoms. The van der Waals surface area contributed by atoms with Gasteiger partial charge in [0.15, 0.2) is 0 Å². The number of phenols is 1. The van der Waals surface area contributed by atoms with Gasteiger partial charge in [0.05, 0.1) is 4.47 Å². The van der Waals surface area contributed by atoms with Crippen LogP contribution in [0.2, 0.25) is 5.02 Å². The molecule has 2 nitrogen and oxygen atoms in total. The highest BCUT2D eigenvalue weighted by Crippen LogP contribution is 2.36. The zero-order valence-corrected chi connectivity index (χ0v) is 11.1. The number of aromatic hydroxyl groups is 1. The van der Waals surface area contributed by atoms with E-state index in [0.29, 0.717) is 21.0 Å². The van der Waals surface area contributed by atoms with Crippen LogP contribution >= 0.6 is 27.5 Å². The lowest BCUT2D eigenvalue weighted by molar-refractivity contribution is 0.442. The fourth-order valence-corrected chi connectivity index (χ4v) is 2.34. The molecular formula is C11H15BrClNO. The number of nitrogens with two attached hydrogens (primary N) is 1. The largest absolute Gasteiger partial charge is 0.506 e. The van der Waals surface area contributed by atoms with Gasteiger partial charge in [0.2, 0.25) is 0 Å². The molecule has 0 spiro atoms. The zero-order chi connectivity index (χ0) is 11.6. The Morgan fingerprint density at radius 1 is 1.47 bits per heavy atom. The number of rotatable bonds is 3. The van der Waals surface area contributed by atoms with E-state index in [1.54, 1.807) is 12.1 Å². The van der Waals surface area contributed by atoms with Gasteiger partial charge in [-0.2, -0.15) is 0 Å². The summed E-state index contributed by atoms with van der Waals surface area (Å²) in [5.41, 5.74) is 6.69. The third-order valence-electron chi connectivity index (χ3n) is 2.18. The molecule has 0 heterocycles. The number of hydrogen-bond donors (Lipinski definition) is 2. The third kappa shape index (κ3) is 3.37. The third-order valence-corrected chi connectivity index (χ3v) is 3.01. The SMILES string of the molecule is CC(C)C[C@@H](N)c1cc(Cl)cc(Br)c1O. The fraction of sp³-hybridized carbons (Fsp3) is 0.455. The van der Waals surface area contributed by atoms with Crippen LogP contribution in [0.4, 0.5) is 0 Å². The lowest BCUT2D eigenvalue weighted by Gasteiger charge is -2.16. The Kier molecular flexibility index (Phi) is 4.44. The van der Waals surface area contributed by atoms with Gasteiger partial charge in [-0.3, -0.25) is 0 Å². The molecule has 1 rings (SSSR count). The second kappa shape index (κ2) is 5.19. The first-order valence-electron chi connectivity index (χ1n) is 4.85. The molecule has 0 saturated carbocycles. The molecular weight excluding hydrogens is 277 g/mol. The lowest BCUT2D eigenvalue weighted by Crippen LogP contribution is -2.13. The maximum atomic E-state index is 9.82. The Morgan fingerprint density at radius 3 is 2.60 bits per heavy atom. The van der Waals surface area contributed by atoms with Crippen LogP contribution in [-0.2, 0) is 0 Å². The van der Waals surface area contributed by atoms with Crippen LogP contribution in [-0.4, -0.2) is 5.11 Å². The molecule has 1 aromatic rings. The monoisotopic (exact) mass is 291 g/mol. The molecule has 0 radical (unpaired) electrons. The van der Waals surface area contributed by atoms with Gasteiger partial charge in [0, 0.05) is 16.6 Å². The van der Waals surface area contributed by atoms with Crippen molar-refractivity contribution in [2.24, 2.45) is 11.7 Å². The Morgan fingerprint density at radius 2 is 2.07 bits per heavy atom. The van der Waals surface area contributed by atoms with Crippen LogP contribution in [0, 0.1) is 5.92 Å². The fourth-order valence-electron chi connectivity index (χ4n) is 1.50. The topological polar surface area (TPSA) is 46.2 Å². The normalized spacial score (nSPS) is 13.2. The number of phenolic OH excluding ortho intramolecular Hbond substituents is 1. The van der Waals surface area contributed by atoms with E-state index < -0.39 is 0 Å². The molecule has 0 aliphatic carbocycles. The highest BCUT2D eigenvalue weighted by atomic mass is 79.9. The number of benzene rings is 1. The molecule has 15 heavy (non-hydrogen) atoms. The van der Waals surface area contributed by atoms with E-state index >= 15 is 0 Å². The average Bonchev–Trinajstić information content (AvgIpc) is 2.09. The summed E-state index contributed by atoms with van der Waals surface area (Å²) in [5.74, 6) is 0.671. The second-order valence-electron chi connectivity index (χ2n) is 4.06. The average molecular weight is 293 g/mol. The highest BCUT2D eigenvalue weighted by Gasteiger charge is 2.15. The summed E-state index contributed by atoms with van der Waals surface area (Å²) < 4.78 is 0.587. The van der Waals surface area contributed by atoms with Gasteiger partial charge in [0.1, 0.15) is 5.75 Å². The molecule has 0 amide bonds. The summed E-state index contributed by atoms with van der Waals surface area (Å²) in [6.45, 7) is 4.19. The van der Waals surface area contributed by atoms with Crippen LogP contribution < -0.4 is 5.73 Å². The van der Waals surface area contributed by atoms with Gasteiger partial charge >= 0.3 is 0 Å². The summed E-state index contributed by atoms with van der Waals surface area (Å²) in [6.07, 6.45) is 0.820. The van der Waals surface area contributed by atoms with Crippen molar-refractivity contribution in [1.82, 2.24) is 0 Å². The maximum absolute atomic E-state index is 9.82. The smallest absolute Gasteiger partial charge is 0.134 e. The van der Waals surface area contributed by atoms with Crippen molar-refractivity contribution in [3.63, 3.8) is 0 Å². The predicted molar refractivity (Wildman–Crippen MR) is 67.2 cm³/mol. The standard InChI is InChI=1S/C11H15BrClNO/c1-6(2)3-10(14)8-4-7(13)5-9(12)11(8)15/h4-6,10,15H,3,14H2,1-2H3/t10-/m1/s1. The van der Waals surface area contributed by atoms with Crippen molar-refractivity contribution < 1.29 is 5.11 Å². The van der Waals surface area contributed by atoms with E-state index in [-0.39, 0.29) is 11.8 Å². The number of halogens is 2. The Balaban J connectivity index is 3.02. The molecule has 0 bridgehead atoms. The second-order valence-corrected chi connectivity index (χ2v) is 5.35. The highest BCUT2D eigenvalue weighted by molar-refractivity contribution is 9.10. The van der Waals surface area contributed by atoms with Gasteiger partial charge in [-0.05, 0) is 40.4 Å². The summed E-state index contributed by atoms with van der Waals surface area (Å²) in [4.78, 5) is 0. The molecule has 1 aromatic carbocycles. The molecule has 0 saturated heterocycles. The summed E-state index contributed by atoms with van der Waals surface area (Å²) in [5, 5.41) is 10.4. The van der Waals surface area contributed by atoms with Crippen molar-refractivity contribution in [3.05, 3.63) is 27.2 Å². The zero-order valence-electron chi connectivity index (χ0n) is 8.80. The molecule has 84 valence electrons. The summed E-state index contributed by atoms with van der Waals surface area (Å²) in [6, 6.07) is 3.19. The first-order valence-corrected chi connectivity index (χ1v) is 6.02. The van der Waals surface area contributed by atoms with E-state index in [4.69, 9.17) is 17.3 Å². The van der Waals surface area contributed by atoms with E-state index in [0.717, 1.165) is 6.42 Å². The Bertz CT molecular complexity index is 355. The van der Waals surface area contributed by atoms with Gasteiger partial charge in [-0.15, -0.1) is 0 Å². The Hall–Kier alpha value is -0.250. The van der Waals surface area contributed by atoms with Gasteiger partial charge < -0.3 is 10.8 Å². The molecule has 0 aromatic heterocycles. The predicted octanol–water partition coefficient (Wildman–Crippen LogP) is 3.85. The molecule has 1 atom stereocenters. The van der Waals surface area contributed by atoms with Crippen LogP contribution in [0.15, 0.2) is 16.6 Å². The lowest BCUT2D eigenvalue weighted by atomic mass is 9.97. The summed E-state index contributed by atoms with van der Waals surface area (Å²) in [7, 11) is 0. The molecule has 0 unspecified atom stereocenters. The minimum atomic E-state index is -0.181. The van der Waals surface area contributed by atoms with E-state index in [1.807, 2.05) is 0 Å². The van der Waals surface area contributed by atoms with Gasteiger partial charge in [-0.1, -0.05) is 25.4 Å². The van der Waals surface area contributed by atoms with Gasteiger partial charge in [-0.25, -0.2) is 0 Å². The Labute approximate surface area is 104 Å². The van der Waals surface area contributed by atoms with Crippen LogP contribution in [0.1, 0.15) is 31.9 Å². The minimum Gasteiger partial charge on any atom is -0.506 e. The van der Waals surface area contributed by atoms with Crippen molar-refractivity contribution in [3.8, 4) is 5.75 Å². The quantitative estimate of drug-likeness (QED) is 0.889. The van der Waals surface area contributed by atoms with Crippen molar-refractivity contribution in [2.45, 2.75) is 26.3 Å². The molecule has 0 fully saturated rings. The number of hydrogen-bond acceptors (Lipinski definition) is 2. The minimum absolute atomic E-state index is 0.181. The first kappa shape index (κ1) is 12.8. The van der Waals surface area contributed by atoms with Crippen molar-refractivity contribution in [1.29, 1.82) is 0 Å². The first-order chi connectivity index (χ1) is 6.91.